The number of hydrogen-bond donors (Lipinski definition) is 1. The molecule has 0 atom stereocenters. The molecule has 0 spiro atoms. The highest BCUT2D eigenvalue weighted by Gasteiger charge is 2.21. The van der Waals surface area contributed by atoms with E-state index in [4.69, 9.17) is 5.11 Å². The van der Waals surface area contributed by atoms with Crippen LogP contribution in [0.3, 0.4) is 0 Å². The molecule has 4 nitrogen and oxygen atoms in total. The summed E-state index contributed by atoms with van der Waals surface area (Å²) in [5, 5.41) is 10.8. The van der Waals surface area contributed by atoms with Gasteiger partial charge >= 0.3 is 5.97 Å². The number of hydrogen-bond acceptors (Lipinski definition) is 4. The molecule has 0 saturated heterocycles. The van der Waals surface area contributed by atoms with Gasteiger partial charge in [-0.25, -0.2) is 13.2 Å². The Bertz CT molecular complexity index is 762. The van der Waals surface area contributed by atoms with E-state index >= 15 is 0 Å². The Morgan fingerprint density at radius 3 is 2.60 bits per heavy atom. The minimum absolute atomic E-state index is 0.0283. The van der Waals surface area contributed by atoms with Gasteiger partial charge in [0.25, 0.3) is 0 Å². The van der Waals surface area contributed by atoms with Crippen LogP contribution in [0.15, 0.2) is 39.0 Å². The molecule has 0 aliphatic heterocycles. The number of carbonyl (C=O) groups is 1. The number of carboxylic acid groups (broad SMARTS) is 1. The summed E-state index contributed by atoms with van der Waals surface area (Å²) in [6.45, 7) is 1.65. The number of sulfone groups is 1. The topological polar surface area (TPSA) is 71.4 Å². The predicted molar refractivity (Wildman–Crippen MR) is 81.0 cm³/mol. The van der Waals surface area contributed by atoms with E-state index in [0.717, 1.165) is 4.47 Å². The van der Waals surface area contributed by atoms with Gasteiger partial charge in [-0.1, -0.05) is 6.07 Å². The van der Waals surface area contributed by atoms with Gasteiger partial charge in [0, 0.05) is 9.35 Å². The van der Waals surface area contributed by atoms with Gasteiger partial charge in [0.1, 0.15) is 0 Å². The zero-order valence-corrected chi connectivity index (χ0v) is 13.7. The lowest BCUT2D eigenvalue weighted by atomic mass is 10.1. The second-order valence-corrected chi connectivity index (χ2v) is 8.05. The second-order valence-electron chi connectivity index (χ2n) is 4.24. The first kappa shape index (κ1) is 15.2. The van der Waals surface area contributed by atoms with Crippen LogP contribution in [0.4, 0.5) is 0 Å². The molecule has 0 radical (unpaired) electrons. The van der Waals surface area contributed by atoms with Crippen LogP contribution in [0.1, 0.15) is 20.8 Å². The third-order valence-electron chi connectivity index (χ3n) is 2.78. The monoisotopic (exact) mass is 374 g/mol. The molecular weight excluding hydrogens is 364 g/mol. The standard InChI is InChI=1S/C13H11BrO4S2/c1-8-2-3-9(13(15)16)6-12(8)20(17,18)7-11-10(14)4-5-19-11/h2-6H,7H2,1H3,(H,15,16). The van der Waals surface area contributed by atoms with Crippen molar-refractivity contribution >= 4 is 43.1 Å². The minimum atomic E-state index is -3.58. The van der Waals surface area contributed by atoms with Crippen LogP contribution in [0, 0.1) is 6.92 Å². The highest BCUT2D eigenvalue weighted by molar-refractivity contribution is 9.10. The lowest BCUT2D eigenvalue weighted by Crippen LogP contribution is -2.08. The van der Waals surface area contributed by atoms with Crippen LogP contribution in [0.2, 0.25) is 0 Å². The van der Waals surface area contributed by atoms with E-state index in [2.05, 4.69) is 15.9 Å². The molecule has 20 heavy (non-hydrogen) atoms. The lowest BCUT2D eigenvalue weighted by Gasteiger charge is -2.08. The molecule has 7 heteroatoms. The fourth-order valence-electron chi connectivity index (χ4n) is 1.75. The molecule has 0 aliphatic rings. The molecule has 1 heterocycles. The summed E-state index contributed by atoms with van der Waals surface area (Å²) in [6, 6.07) is 5.92. The molecule has 2 aromatic rings. The van der Waals surface area contributed by atoms with Crippen LogP contribution in [-0.4, -0.2) is 19.5 Å². The number of rotatable bonds is 4. The van der Waals surface area contributed by atoms with E-state index in [1.807, 2.05) is 0 Å². The molecule has 0 unspecified atom stereocenters. The van der Waals surface area contributed by atoms with E-state index in [-0.39, 0.29) is 16.2 Å². The van der Waals surface area contributed by atoms with Crippen LogP contribution in [-0.2, 0) is 15.6 Å². The van der Waals surface area contributed by atoms with Gasteiger partial charge < -0.3 is 5.11 Å². The first-order valence-corrected chi connectivity index (χ1v) is 8.92. The van der Waals surface area contributed by atoms with E-state index < -0.39 is 15.8 Å². The molecule has 1 aromatic carbocycles. The fraction of sp³-hybridized carbons (Fsp3) is 0.154. The van der Waals surface area contributed by atoms with E-state index in [1.165, 1.54) is 29.5 Å². The molecule has 0 aliphatic carbocycles. The Labute approximate surface area is 129 Å². The SMILES string of the molecule is Cc1ccc(C(=O)O)cc1S(=O)(=O)Cc1sccc1Br. The lowest BCUT2D eigenvalue weighted by molar-refractivity contribution is 0.0696. The Hall–Kier alpha value is -1.18. The van der Waals surface area contributed by atoms with Gasteiger partial charge in [-0.3, -0.25) is 0 Å². The van der Waals surface area contributed by atoms with Gasteiger partial charge in [-0.05, 0) is 52.0 Å². The summed E-state index contributed by atoms with van der Waals surface area (Å²) in [6.07, 6.45) is 0. The Balaban J connectivity index is 2.46. The van der Waals surface area contributed by atoms with Gasteiger partial charge in [0.15, 0.2) is 9.84 Å². The summed E-state index contributed by atoms with van der Waals surface area (Å²) in [4.78, 5) is 11.7. The smallest absolute Gasteiger partial charge is 0.335 e. The maximum Gasteiger partial charge on any atom is 0.335 e. The summed E-state index contributed by atoms with van der Waals surface area (Å²) in [5.74, 6) is -1.28. The number of carboxylic acids is 1. The molecular formula is C13H11BrO4S2. The quantitative estimate of drug-likeness (QED) is 0.888. The van der Waals surface area contributed by atoms with Crippen molar-refractivity contribution in [3.05, 3.63) is 50.1 Å². The van der Waals surface area contributed by atoms with Crippen molar-refractivity contribution in [1.29, 1.82) is 0 Å². The first-order chi connectivity index (χ1) is 9.31. The maximum atomic E-state index is 12.4. The van der Waals surface area contributed by atoms with E-state index in [1.54, 1.807) is 18.4 Å². The third kappa shape index (κ3) is 3.11. The molecule has 0 bridgehead atoms. The normalized spacial score (nSPS) is 11.5. The second kappa shape index (κ2) is 5.67. The number of benzene rings is 1. The number of aryl methyl sites for hydroxylation is 1. The van der Waals surface area contributed by atoms with E-state index in [9.17, 15) is 13.2 Å². The average Bonchev–Trinajstić information content (AvgIpc) is 2.74. The Morgan fingerprint density at radius 2 is 2.05 bits per heavy atom. The van der Waals surface area contributed by atoms with Crippen molar-refractivity contribution in [2.45, 2.75) is 17.6 Å². The summed E-state index contributed by atoms with van der Waals surface area (Å²) < 4.78 is 25.6. The van der Waals surface area contributed by atoms with E-state index in [0.29, 0.717) is 10.4 Å². The molecule has 106 valence electrons. The van der Waals surface area contributed by atoms with Gasteiger partial charge in [-0.15, -0.1) is 11.3 Å². The van der Waals surface area contributed by atoms with Crippen molar-refractivity contribution in [1.82, 2.24) is 0 Å². The molecule has 2 rings (SSSR count). The van der Waals surface area contributed by atoms with Crippen molar-refractivity contribution in [2.24, 2.45) is 0 Å². The first-order valence-electron chi connectivity index (χ1n) is 5.60. The highest BCUT2D eigenvalue weighted by Crippen LogP contribution is 2.28. The summed E-state index contributed by atoms with van der Waals surface area (Å²) in [5.41, 5.74) is 0.516. The predicted octanol–water partition coefficient (Wildman–Crippen LogP) is 3.49. The number of aromatic carboxylic acids is 1. The van der Waals surface area contributed by atoms with Crippen molar-refractivity contribution < 1.29 is 18.3 Å². The molecule has 1 N–H and O–H groups in total. The van der Waals surface area contributed by atoms with Crippen molar-refractivity contribution in [3.63, 3.8) is 0 Å². The minimum Gasteiger partial charge on any atom is -0.478 e. The van der Waals surface area contributed by atoms with Crippen LogP contribution >= 0.6 is 27.3 Å². The summed E-state index contributed by atoms with van der Waals surface area (Å²) >= 11 is 4.64. The average molecular weight is 375 g/mol. The van der Waals surface area contributed by atoms with Gasteiger partial charge in [0.05, 0.1) is 16.2 Å². The van der Waals surface area contributed by atoms with Crippen LogP contribution in [0.25, 0.3) is 0 Å². The molecule has 1 aromatic heterocycles. The molecule has 0 fully saturated rings. The zero-order valence-electron chi connectivity index (χ0n) is 10.5. The fourth-order valence-corrected chi connectivity index (χ4v) is 5.47. The third-order valence-corrected chi connectivity index (χ3v) is 6.67. The zero-order chi connectivity index (χ0) is 14.9. The largest absolute Gasteiger partial charge is 0.478 e. The number of halogens is 1. The molecule has 0 amide bonds. The number of thiophene rings is 1. The van der Waals surface area contributed by atoms with Crippen molar-refractivity contribution in [3.8, 4) is 0 Å². The van der Waals surface area contributed by atoms with Gasteiger partial charge in [0.2, 0.25) is 0 Å². The Kier molecular flexibility index (Phi) is 4.31. The summed E-state index contributed by atoms with van der Waals surface area (Å²) in [7, 11) is -3.58. The highest BCUT2D eigenvalue weighted by atomic mass is 79.9. The van der Waals surface area contributed by atoms with Crippen LogP contribution in [0.5, 0.6) is 0 Å². The maximum absolute atomic E-state index is 12.4. The van der Waals surface area contributed by atoms with Crippen molar-refractivity contribution in [2.75, 3.05) is 0 Å². The van der Waals surface area contributed by atoms with Gasteiger partial charge in [-0.2, -0.15) is 0 Å². The molecule has 0 saturated carbocycles. The van der Waals surface area contributed by atoms with Crippen LogP contribution < -0.4 is 0 Å². The Morgan fingerprint density at radius 1 is 1.35 bits per heavy atom.